The van der Waals surface area contributed by atoms with Crippen LogP contribution in [0, 0.1) is 20.9 Å². The summed E-state index contributed by atoms with van der Waals surface area (Å²) in [5, 5.41) is 13.3. The van der Waals surface area contributed by atoms with Gasteiger partial charge in [0.05, 0.1) is 18.1 Å². The van der Waals surface area contributed by atoms with Gasteiger partial charge in [-0.25, -0.2) is 4.79 Å². The van der Waals surface area contributed by atoms with Crippen molar-refractivity contribution in [3.8, 4) is 5.75 Å². The van der Waals surface area contributed by atoms with Crippen LogP contribution in [0.25, 0.3) is 0 Å². The third kappa shape index (κ3) is 7.95. The number of hydrogen-bond donors (Lipinski definition) is 2. The maximum atomic E-state index is 11.8. The lowest BCUT2D eigenvalue weighted by Gasteiger charge is -2.28. The lowest BCUT2D eigenvalue weighted by molar-refractivity contribution is -0.384. The highest BCUT2D eigenvalue weighted by atomic mass is 16.6. The van der Waals surface area contributed by atoms with Crippen LogP contribution < -0.4 is 15.8 Å². The van der Waals surface area contributed by atoms with Gasteiger partial charge in [-0.2, -0.15) is 0 Å². The topological polar surface area (TPSA) is 117 Å². The highest BCUT2D eigenvalue weighted by molar-refractivity contribution is 5.70. The smallest absolute Gasteiger partial charge is 0.410 e. The SMILES string of the molecule is CC(C)(CN)COCC(C)(C)CNC(=O)Oc1ccc([N+](=O)[O-])cc1. The molecule has 0 fully saturated rings. The van der Waals surface area contributed by atoms with E-state index in [0.717, 1.165) is 0 Å². The number of carbonyl (C=O) groups is 1. The molecule has 0 bridgehead atoms. The molecule has 8 heteroatoms. The predicted molar refractivity (Wildman–Crippen MR) is 94.6 cm³/mol. The van der Waals surface area contributed by atoms with E-state index < -0.39 is 11.0 Å². The molecule has 0 saturated heterocycles. The number of nitro benzene ring substituents is 1. The van der Waals surface area contributed by atoms with E-state index in [0.29, 0.717) is 26.3 Å². The van der Waals surface area contributed by atoms with Crippen LogP contribution in [0.1, 0.15) is 27.7 Å². The summed E-state index contributed by atoms with van der Waals surface area (Å²) in [6, 6.07) is 5.31. The monoisotopic (exact) mass is 353 g/mol. The lowest BCUT2D eigenvalue weighted by atomic mass is 9.93. The Bertz CT molecular complexity index is 584. The van der Waals surface area contributed by atoms with E-state index in [-0.39, 0.29) is 22.3 Å². The number of nitrogens with one attached hydrogen (secondary N) is 1. The Hall–Kier alpha value is -2.19. The van der Waals surface area contributed by atoms with Crippen molar-refractivity contribution in [2.75, 3.05) is 26.3 Å². The molecule has 140 valence electrons. The first-order valence-electron chi connectivity index (χ1n) is 8.03. The van der Waals surface area contributed by atoms with Gasteiger partial charge in [-0.05, 0) is 18.7 Å². The van der Waals surface area contributed by atoms with Gasteiger partial charge in [-0.3, -0.25) is 10.1 Å². The second kappa shape index (κ2) is 8.77. The number of hydrogen-bond acceptors (Lipinski definition) is 6. The molecule has 0 atom stereocenters. The van der Waals surface area contributed by atoms with Crippen molar-refractivity contribution < 1.29 is 19.2 Å². The quantitative estimate of drug-likeness (QED) is 0.521. The van der Waals surface area contributed by atoms with Crippen molar-refractivity contribution in [2.45, 2.75) is 27.7 Å². The lowest BCUT2D eigenvalue weighted by Crippen LogP contribution is -2.39. The van der Waals surface area contributed by atoms with Crippen molar-refractivity contribution in [2.24, 2.45) is 16.6 Å². The van der Waals surface area contributed by atoms with Crippen LogP contribution in [0.5, 0.6) is 5.75 Å². The summed E-state index contributed by atoms with van der Waals surface area (Å²) in [6.45, 7) is 9.90. The number of benzene rings is 1. The molecule has 0 radical (unpaired) electrons. The van der Waals surface area contributed by atoms with E-state index in [1.807, 2.05) is 27.7 Å². The molecule has 1 rings (SSSR count). The zero-order valence-corrected chi connectivity index (χ0v) is 15.2. The summed E-state index contributed by atoms with van der Waals surface area (Å²) in [7, 11) is 0. The number of amides is 1. The van der Waals surface area contributed by atoms with Crippen LogP contribution in [-0.2, 0) is 4.74 Å². The highest BCUT2D eigenvalue weighted by Crippen LogP contribution is 2.19. The van der Waals surface area contributed by atoms with Crippen LogP contribution in [0.15, 0.2) is 24.3 Å². The van der Waals surface area contributed by atoms with Gasteiger partial charge in [0.15, 0.2) is 0 Å². The maximum absolute atomic E-state index is 11.8. The van der Waals surface area contributed by atoms with Crippen LogP contribution in [0.4, 0.5) is 10.5 Å². The van der Waals surface area contributed by atoms with Gasteiger partial charge < -0.3 is 20.5 Å². The summed E-state index contributed by atoms with van der Waals surface area (Å²) in [4.78, 5) is 21.9. The summed E-state index contributed by atoms with van der Waals surface area (Å²) in [6.07, 6.45) is -0.621. The predicted octanol–water partition coefficient (Wildman–Crippen LogP) is 2.71. The Morgan fingerprint density at radius 2 is 1.72 bits per heavy atom. The third-order valence-corrected chi connectivity index (χ3v) is 3.51. The molecule has 0 aliphatic rings. The summed E-state index contributed by atoms with van der Waals surface area (Å²) >= 11 is 0. The first-order valence-corrected chi connectivity index (χ1v) is 8.03. The molecule has 0 heterocycles. The number of ether oxygens (including phenoxy) is 2. The molecule has 1 aromatic carbocycles. The number of nitro groups is 1. The molecule has 0 spiro atoms. The van der Waals surface area contributed by atoms with Crippen LogP contribution in [0.3, 0.4) is 0 Å². The minimum atomic E-state index is -0.621. The third-order valence-electron chi connectivity index (χ3n) is 3.51. The molecular formula is C17H27N3O5. The number of nitrogens with zero attached hydrogens (tertiary/aromatic N) is 1. The van der Waals surface area contributed by atoms with Crippen LogP contribution in [-0.4, -0.2) is 37.3 Å². The minimum absolute atomic E-state index is 0.0635. The molecule has 3 N–H and O–H groups in total. The van der Waals surface area contributed by atoms with Crippen molar-refractivity contribution >= 4 is 11.8 Å². The van der Waals surface area contributed by atoms with Gasteiger partial charge in [0, 0.05) is 29.5 Å². The molecular weight excluding hydrogens is 326 g/mol. The Morgan fingerprint density at radius 3 is 2.24 bits per heavy atom. The number of carbonyl (C=O) groups excluding carboxylic acids is 1. The van der Waals surface area contributed by atoms with E-state index in [1.54, 1.807) is 0 Å². The largest absolute Gasteiger partial charge is 0.412 e. The summed E-state index contributed by atoms with van der Waals surface area (Å²) in [5.41, 5.74) is 5.24. The summed E-state index contributed by atoms with van der Waals surface area (Å²) in [5.74, 6) is 0.238. The second-order valence-corrected chi connectivity index (χ2v) is 7.52. The zero-order valence-electron chi connectivity index (χ0n) is 15.2. The van der Waals surface area contributed by atoms with Gasteiger partial charge in [-0.15, -0.1) is 0 Å². The average molecular weight is 353 g/mol. The van der Waals surface area contributed by atoms with Gasteiger partial charge in [0.25, 0.3) is 5.69 Å². The highest BCUT2D eigenvalue weighted by Gasteiger charge is 2.22. The molecule has 0 aliphatic carbocycles. The number of non-ortho nitro benzene ring substituents is 1. The number of nitrogens with two attached hydrogens (primary N) is 1. The Labute approximate surface area is 147 Å². The Balaban J connectivity index is 2.40. The van der Waals surface area contributed by atoms with E-state index >= 15 is 0 Å². The Kier molecular flexibility index (Phi) is 7.32. The fourth-order valence-corrected chi connectivity index (χ4v) is 1.80. The maximum Gasteiger partial charge on any atom is 0.412 e. The van der Waals surface area contributed by atoms with E-state index in [2.05, 4.69) is 5.32 Å². The average Bonchev–Trinajstić information content (AvgIpc) is 2.53. The van der Waals surface area contributed by atoms with E-state index in [9.17, 15) is 14.9 Å². The molecule has 0 saturated carbocycles. The fourth-order valence-electron chi connectivity index (χ4n) is 1.80. The van der Waals surface area contributed by atoms with Gasteiger partial charge in [-0.1, -0.05) is 27.7 Å². The van der Waals surface area contributed by atoms with Crippen LogP contribution >= 0.6 is 0 Å². The molecule has 0 aliphatic heterocycles. The minimum Gasteiger partial charge on any atom is -0.410 e. The van der Waals surface area contributed by atoms with Crippen molar-refractivity contribution in [1.82, 2.24) is 5.32 Å². The first-order chi connectivity index (χ1) is 11.5. The van der Waals surface area contributed by atoms with Crippen molar-refractivity contribution in [3.05, 3.63) is 34.4 Å². The Morgan fingerprint density at radius 1 is 1.16 bits per heavy atom. The van der Waals surface area contributed by atoms with Gasteiger partial charge in [0.1, 0.15) is 5.75 Å². The van der Waals surface area contributed by atoms with Gasteiger partial charge >= 0.3 is 6.09 Å². The molecule has 8 nitrogen and oxygen atoms in total. The fraction of sp³-hybridized carbons (Fsp3) is 0.588. The molecule has 25 heavy (non-hydrogen) atoms. The molecule has 0 aromatic heterocycles. The number of rotatable bonds is 9. The van der Waals surface area contributed by atoms with E-state index in [1.165, 1.54) is 24.3 Å². The van der Waals surface area contributed by atoms with E-state index in [4.69, 9.17) is 15.2 Å². The molecule has 0 unspecified atom stereocenters. The zero-order chi connectivity index (χ0) is 19.1. The standard InChI is InChI=1S/C17H27N3O5/c1-16(2,9-18)11-24-12-17(3,4)10-19-15(21)25-14-7-5-13(6-8-14)20(22)23/h5-8H,9-12,18H2,1-4H3,(H,19,21). The van der Waals surface area contributed by atoms with Crippen molar-refractivity contribution in [1.29, 1.82) is 0 Å². The summed E-state index contributed by atoms with van der Waals surface area (Å²) < 4.78 is 10.8. The van der Waals surface area contributed by atoms with Gasteiger partial charge in [0.2, 0.25) is 0 Å². The molecule has 1 amide bonds. The first kappa shape index (κ1) is 20.9. The second-order valence-electron chi connectivity index (χ2n) is 7.52. The van der Waals surface area contributed by atoms with Crippen LogP contribution in [0.2, 0.25) is 0 Å². The molecule has 1 aromatic rings. The normalized spacial score (nSPS) is 11.9. The van der Waals surface area contributed by atoms with Crippen molar-refractivity contribution in [3.63, 3.8) is 0 Å².